The number of halogens is 3. The SMILES string of the molecule is CCCC/N=C/c1c(F)ccc(F)c1Cl. The first kappa shape index (κ1) is 12.1. The van der Waals surface area contributed by atoms with Gasteiger partial charge in [-0.2, -0.15) is 0 Å². The number of benzene rings is 1. The summed E-state index contributed by atoms with van der Waals surface area (Å²) in [6.45, 7) is 2.63. The molecule has 0 unspecified atom stereocenters. The van der Waals surface area contributed by atoms with Crippen molar-refractivity contribution in [2.45, 2.75) is 19.8 Å². The molecule has 0 aromatic heterocycles. The van der Waals surface area contributed by atoms with E-state index in [0.717, 1.165) is 25.0 Å². The molecule has 0 amide bonds. The van der Waals surface area contributed by atoms with Gasteiger partial charge in [-0.15, -0.1) is 0 Å². The molecule has 0 spiro atoms. The summed E-state index contributed by atoms with van der Waals surface area (Å²) in [5.74, 6) is -1.18. The average Bonchev–Trinajstić information content (AvgIpc) is 2.23. The van der Waals surface area contributed by atoms with E-state index in [1.807, 2.05) is 6.92 Å². The molecule has 4 heteroatoms. The molecule has 1 nitrogen and oxygen atoms in total. The third-order valence-corrected chi connectivity index (χ3v) is 2.32. The standard InChI is InChI=1S/C11H12ClF2N/c1-2-3-6-15-7-8-9(13)4-5-10(14)11(8)12/h4-5,7H,2-3,6H2,1H3/b15-7+. The van der Waals surface area contributed by atoms with Crippen LogP contribution in [0.25, 0.3) is 0 Å². The third kappa shape index (κ3) is 3.27. The summed E-state index contributed by atoms with van der Waals surface area (Å²) in [6, 6.07) is 2.05. The Morgan fingerprint density at radius 3 is 2.67 bits per heavy atom. The third-order valence-electron chi connectivity index (χ3n) is 1.94. The van der Waals surface area contributed by atoms with Gasteiger partial charge < -0.3 is 0 Å². The van der Waals surface area contributed by atoms with Gasteiger partial charge in [-0.05, 0) is 18.6 Å². The van der Waals surface area contributed by atoms with Gasteiger partial charge in [-0.25, -0.2) is 8.78 Å². The molecule has 0 aliphatic rings. The number of unbranched alkanes of at least 4 members (excludes halogenated alkanes) is 1. The van der Waals surface area contributed by atoms with Crippen molar-refractivity contribution in [3.63, 3.8) is 0 Å². The molecular formula is C11H12ClF2N. The fourth-order valence-corrected chi connectivity index (χ4v) is 1.27. The van der Waals surface area contributed by atoms with Crippen molar-refractivity contribution in [2.75, 3.05) is 6.54 Å². The first-order valence-electron chi connectivity index (χ1n) is 4.80. The van der Waals surface area contributed by atoms with Gasteiger partial charge in [0.1, 0.15) is 11.6 Å². The van der Waals surface area contributed by atoms with Crippen molar-refractivity contribution in [3.05, 3.63) is 34.4 Å². The molecule has 0 bridgehead atoms. The number of hydrogen-bond acceptors (Lipinski definition) is 1. The van der Waals surface area contributed by atoms with Gasteiger partial charge in [-0.3, -0.25) is 4.99 Å². The Morgan fingerprint density at radius 2 is 2.00 bits per heavy atom. The molecule has 82 valence electrons. The van der Waals surface area contributed by atoms with Crippen LogP contribution in [-0.2, 0) is 0 Å². The fourth-order valence-electron chi connectivity index (χ4n) is 1.07. The van der Waals surface area contributed by atoms with E-state index in [0.29, 0.717) is 6.54 Å². The lowest BCUT2D eigenvalue weighted by molar-refractivity contribution is 0.599. The van der Waals surface area contributed by atoms with Crippen molar-refractivity contribution in [2.24, 2.45) is 4.99 Å². The molecule has 0 radical (unpaired) electrons. The Labute approximate surface area is 92.8 Å². The minimum absolute atomic E-state index is 0.0211. The zero-order chi connectivity index (χ0) is 11.3. The second-order valence-corrected chi connectivity index (χ2v) is 3.52. The van der Waals surface area contributed by atoms with Crippen molar-refractivity contribution in [3.8, 4) is 0 Å². The van der Waals surface area contributed by atoms with Crippen LogP contribution in [0.5, 0.6) is 0 Å². The zero-order valence-corrected chi connectivity index (χ0v) is 9.19. The lowest BCUT2D eigenvalue weighted by Crippen LogP contribution is -1.94. The van der Waals surface area contributed by atoms with Crippen LogP contribution in [0.3, 0.4) is 0 Å². The molecule has 0 N–H and O–H groups in total. The van der Waals surface area contributed by atoms with Gasteiger partial charge in [0.25, 0.3) is 0 Å². The molecule has 0 aliphatic carbocycles. The van der Waals surface area contributed by atoms with Gasteiger partial charge in [-0.1, -0.05) is 24.9 Å². The van der Waals surface area contributed by atoms with Crippen LogP contribution in [0.2, 0.25) is 5.02 Å². The van der Waals surface area contributed by atoms with Crippen molar-refractivity contribution in [1.29, 1.82) is 0 Å². The second kappa shape index (κ2) is 5.81. The van der Waals surface area contributed by atoms with Gasteiger partial charge in [0.15, 0.2) is 0 Å². The first-order valence-corrected chi connectivity index (χ1v) is 5.18. The lowest BCUT2D eigenvalue weighted by Gasteiger charge is -2.00. The van der Waals surface area contributed by atoms with Crippen LogP contribution >= 0.6 is 11.6 Å². The maximum absolute atomic E-state index is 13.2. The molecule has 0 saturated carbocycles. The Balaban J connectivity index is 2.84. The monoisotopic (exact) mass is 231 g/mol. The van der Waals surface area contributed by atoms with Crippen LogP contribution in [-0.4, -0.2) is 12.8 Å². The molecule has 1 aromatic carbocycles. The summed E-state index contributed by atoms with van der Waals surface area (Å²) in [6.07, 6.45) is 3.22. The summed E-state index contributed by atoms with van der Waals surface area (Å²) in [4.78, 5) is 3.98. The molecular weight excluding hydrogens is 220 g/mol. The maximum atomic E-state index is 13.2. The topological polar surface area (TPSA) is 12.4 Å². The van der Waals surface area contributed by atoms with E-state index in [1.54, 1.807) is 0 Å². The predicted molar refractivity (Wildman–Crippen MR) is 58.7 cm³/mol. The second-order valence-electron chi connectivity index (χ2n) is 3.15. The van der Waals surface area contributed by atoms with E-state index in [4.69, 9.17) is 11.6 Å². The van der Waals surface area contributed by atoms with Gasteiger partial charge in [0.2, 0.25) is 0 Å². The molecule has 1 aromatic rings. The lowest BCUT2D eigenvalue weighted by atomic mass is 10.2. The van der Waals surface area contributed by atoms with Gasteiger partial charge in [0, 0.05) is 18.3 Å². The number of hydrogen-bond donors (Lipinski definition) is 0. The summed E-state index contributed by atoms with van der Waals surface area (Å²) in [5.41, 5.74) is 0.0211. The molecule has 0 atom stereocenters. The fraction of sp³-hybridized carbons (Fsp3) is 0.364. The Kier molecular flexibility index (Phi) is 4.69. The van der Waals surface area contributed by atoms with E-state index in [9.17, 15) is 8.78 Å². The highest BCUT2D eigenvalue weighted by Gasteiger charge is 2.09. The quantitative estimate of drug-likeness (QED) is 0.424. The Morgan fingerprint density at radius 1 is 1.33 bits per heavy atom. The van der Waals surface area contributed by atoms with Crippen LogP contribution in [0.1, 0.15) is 25.3 Å². The average molecular weight is 232 g/mol. The molecule has 0 fully saturated rings. The number of aliphatic imine (C=N–C) groups is 1. The zero-order valence-electron chi connectivity index (χ0n) is 8.43. The Bertz CT molecular complexity index is 364. The highest BCUT2D eigenvalue weighted by atomic mass is 35.5. The summed E-state index contributed by atoms with van der Waals surface area (Å²) in [5, 5.41) is -0.213. The normalized spacial score (nSPS) is 11.2. The van der Waals surface area contributed by atoms with Crippen molar-refractivity contribution >= 4 is 17.8 Å². The van der Waals surface area contributed by atoms with Crippen molar-refractivity contribution in [1.82, 2.24) is 0 Å². The number of rotatable bonds is 4. The highest BCUT2D eigenvalue weighted by molar-refractivity contribution is 6.33. The van der Waals surface area contributed by atoms with E-state index < -0.39 is 11.6 Å². The van der Waals surface area contributed by atoms with Gasteiger partial charge in [0.05, 0.1) is 5.02 Å². The van der Waals surface area contributed by atoms with Crippen LogP contribution in [0.4, 0.5) is 8.78 Å². The largest absolute Gasteiger partial charge is 0.292 e. The summed E-state index contributed by atoms with van der Waals surface area (Å²) < 4.78 is 26.2. The maximum Gasteiger partial charge on any atom is 0.142 e. The Hall–Kier alpha value is -0.960. The van der Waals surface area contributed by atoms with E-state index in [2.05, 4.69) is 4.99 Å². The molecule has 15 heavy (non-hydrogen) atoms. The van der Waals surface area contributed by atoms with Crippen molar-refractivity contribution < 1.29 is 8.78 Å². The minimum atomic E-state index is -0.630. The molecule has 1 rings (SSSR count). The minimum Gasteiger partial charge on any atom is -0.292 e. The van der Waals surface area contributed by atoms with Gasteiger partial charge >= 0.3 is 0 Å². The number of nitrogens with zero attached hydrogens (tertiary/aromatic N) is 1. The van der Waals surface area contributed by atoms with Crippen LogP contribution < -0.4 is 0 Å². The van der Waals surface area contributed by atoms with Crippen LogP contribution in [0, 0.1) is 11.6 Å². The van der Waals surface area contributed by atoms with E-state index in [1.165, 1.54) is 6.21 Å². The smallest absolute Gasteiger partial charge is 0.142 e. The molecule has 0 saturated heterocycles. The molecule has 0 aliphatic heterocycles. The highest BCUT2D eigenvalue weighted by Crippen LogP contribution is 2.20. The predicted octanol–water partition coefficient (Wildman–Crippen LogP) is 3.84. The summed E-state index contributed by atoms with van der Waals surface area (Å²) in [7, 11) is 0. The van der Waals surface area contributed by atoms with Crippen LogP contribution in [0.15, 0.2) is 17.1 Å². The van der Waals surface area contributed by atoms with E-state index >= 15 is 0 Å². The summed E-state index contributed by atoms with van der Waals surface area (Å²) >= 11 is 5.61. The first-order chi connectivity index (χ1) is 7.16. The molecule has 0 heterocycles. The van der Waals surface area contributed by atoms with E-state index in [-0.39, 0.29) is 10.6 Å².